The third kappa shape index (κ3) is 5.25. The minimum absolute atomic E-state index is 0.0307. The molecule has 1 N–H and O–H groups in total. The van der Waals surface area contributed by atoms with Gasteiger partial charge in [0.25, 0.3) is 0 Å². The summed E-state index contributed by atoms with van der Waals surface area (Å²) in [6.45, 7) is 0. The van der Waals surface area contributed by atoms with Gasteiger partial charge in [-0.15, -0.1) is 0 Å². The van der Waals surface area contributed by atoms with Gasteiger partial charge in [-0.1, -0.05) is 35.9 Å². The smallest absolute Gasteiger partial charge is 0.321 e. The van der Waals surface area contributed by atoms with Crippen molar-refractivity contribution < 1.29 is 9.53 Å². The summed E-state index contributed by atoms with van der Waals surface area (Å²) in [6, 6.07) is 15.5. The van der Waals surface area contributed by atoms with Crippen molar-refractivity contribution in [3.63, 3.8) is 0 Å². The zero-order chi connectivity index (χ0) is 17.5. The van der Waals surface area contributed by atoms with Crippen molar-refractivity contribution in [3.05, 3.63) is 64.7 Å². The lowest BCUT2D eigenvalue weighted by Crippen LogP contribution is -2.27. The number of urea groups is 1. The standard InChI is InChI=1S/C19H23ClN2O2/c1-22(2)19(23)21-17-6-4-5-15(13-17)18(24-3)12-9-14-7-10-16(20)11-8-14/h4-8,10-11,13,18H,9,12H2,1-3H3,(H,21,23). The Morgan fingerprint density at radius 2 is 1.92 bits per heavy atom. The van der Waals surface area contributed by atoms with Gasteiger partial charge in [-0.25, -0.2) is 4.79 Å². The molecule has 2 aromatic rings. The highest BCUT2D eigenvalue weighted by molar-refractivity contribution is 6.30. The van der Waals surface area contributed by atoms with Gasteiger partial charge < -0.3 is 15.0 Å². The van der Waals surface area contributed by atoms with E-state index in [1.54, 1.807) is 21.2 Å². The van der Waals surface area contributed by atoms with Gasteiger partial charge in [0.15, 0.2) is 0 Å². The van der Waals surface area contributed by atoms with Crippen LogP contribution in [0.5, 0.6) is 0 Å². The molecule has 24 heavy (non-hydrogen) atoms. The van der Waals surface area contributed by atoms with Crippen LogP contribution in [0, 0.1) is 0 Å². The van der Waals surface area contributed by atoms with E-state index < -0.39 is 0 Å². The van der Waals surface area contributed by atoms with E-state index >= 15 is 0 Å². The SMILES string of the molecule is COC(CCc1ccc(Cl)cc1)c1cccc(NC(=O)N(C)C)c1. The molecule has 2 aromatic carbocycles. The van der Waals surface area contributed by atoms with Crippen molar-refractivity contribution in [1.82, 2.24) is 4.90 Å². The van der Waals surface area contributed by atoms with Crippen LogP contribution in [-0.2, 0) is 11.2 Å². The second-order valence-electron chi connectivity index (χ2n) is 5.84. The summed E-state index contributed by atoms with van der Waals surface area (Å²) in [5.41, 5.74) is 3.03. The van der Waals surface area contributed by atoms with Gasteiger partial charge in [0, 0.05) is 31.9 Å². The number of hydrogen-bond donors (Lipinski definition) is 1. The first-order valence-corrected chi connectivity index (χ1v) is 8.23. The number of rotatable bonds is 6. The quantitative estimate of drug-likeness (QED) is 0.819. The van der Waals surface area contributed by atoms with Crippen molar-refractivity contribution in [2.75, 3.05) is 26.5 Å². The number of aryl methyl sites for hydroxylation is 1. The highest BCUT2D eigenvalue weighted by atomic mass is 35.5. The Bertz CT molecular complexity index is 671. The van der Waals surface area contributed by atoms with E-state index in [4.69, 9.17) is 16.3 Å². The van der Waals surface area contributed by atoms with Crippen LogP contribution >= 0.6 is 11.6 Å². The molecule has 128 valence electrons. The lowest BCUT2D eigenvalue weighted by Gasteiger charge is -2.18. The molecule has 5 heteroatoms. The van der Waals surface area contributed by atoms with Gasteiger partial charge in [0.1, 0.15) is 0 Å². The number of amides is 2. The Balaban J connectivity index is 2.04. The fourth-order valence-electron chi connectivity index (χ4n) is 2.42. The van der Waals surface area contributed by atoms with E-state index in [-0.39, 0.29) is 12.1 Å². The maximum atomic E-state index is 11.8. The lowest BCUT2D eigenvalue weighted by molar-refractivity contribution is 0.0960. The van der Waals surface area contributed by atoms with Crippen molar-refractivity contribution in [3.8, 4) is 0 Å². The number of nitrogens with one attached hydrogen (secondary N) is 1. The summed E-state index contributed by atoms with van der Waals surface area (Å²) in [5.74, 6) is 0. The van der Waals surface area contributed by atoms with Crippen LogP contribution in [0.15, 0.2) is 48.5 Å². The molecule has 1 unspecified atom stereocenters. The Kier molecular flexibility index (Phi) is 6.64. The van der Waals surface area contributed by atoms with Crippen molar-refractivity contribution in [1.29, 1.82) is 0 Å². The van der Waals surface area contributed by atoms with E-state index in [0.717, 1.165) is 29.1 Å². The molecule has 0 heterocycles. The molecule has 0 aliphatic heterocycles. The molecule has 0 fully saturated rings. The van der Waals surface area contributed by atoms with Crippen molar-refractivity contribution in [2.24, 2.45) is 0 Å². The van der Waals surface area contributed by atoms with Crippen LogP contribution in [0.4, 0.5) is 10.5 Å². The third-order valence-electron chi connectivity index (χ3n) is 3.81. The topological polar surface area (TPSA) is 41.6 Å². The van der Waals surface area contributed by atoms with Crippen LogP contribution < -0.4 is 5.32 Å². The number of methoxy groups -OCH3 is 1. The van der Waals surface area contributed by atoms with Gasteiger partial charge >= 0.3 is 6.03 Å². The number of halogens is 1. The number of hydrogen-bond acceptors (Lipinski definition) is 2. The largest absolute Gasteiger partial charge is 0.377 e. The van der Waals surface area contributed by atoms with E-state index in [1.165, 1.54) is 10.5 Å². The molecule has 0 bridgehead atoms. The van der Waals surface area contributed by atoms with E-state index in [9.17, 15) is 4.79 Å². The maximum Gasteiger partial charge on any atom is 0.321 e. The fraction of sp³-hybridized carbons (Fsp3) is 0.316. The Morgan fingerprint density at radius 3 is 2.54 bits per heavy atom. The van der Waals surface area contributed by atoms with E-state index in [0.29, 0.717) is 0 Å². The molecule has 0 aliphatic carbocycles. The molecule has 0 spiro atoms. The van der Waals surface area contributed by atoms with E-state index in [1.807, 2.05) is 48.5 Å². The minimum Gasteiger partial charge on any atom is -0.377 e. The number of carbonyl (C=O) groups excluding carboxylic acids is 1. The summed E-state index contributed by atoms with van der Waals surface area (Å²) < 4.78 is 5.64. The first-order valence-electron chi connectivity index (χ1n) is 7.85. The first kappa shape index (κ1) is 18.3. The zero-order valence-electron chi connectivity index (χ0n) is 14.3. The van der Waals surface area contributed by atoms with Gasteiger partial charge in [-0.3, -0.25) is 0 Å². The molecule has 0 aliphatic rings. The summed E-state index contributed by atoms with van der Waals surface area (Å²) in [4.78, 5) is 13.3. The van der Waals surface area contributed by atoms with Gasteiger partial charge in [-0.2, -0.15) is 0 Å². The van der Waals surface area contributed by atoms with Gasteiger partial charge in [0.05, 0.1) is 6.10 Å². The second-order valence-corrected chi connectivity index (χ2v) is 6.28. The predicted octanol–water partition coefficient (Wildman–Crippen LogP) is 4.75. The molecule has 4 nitrogen and oxygen atoms in total. The summed E-state index contributed by atoms with van der Waals surface area (Å²) in [5, 5.41) is 3.60. The number of nitrogens with zero attached hydrogens (tertiary/aromatic N) is 1. The van der Waals surface area contributed by atoms with Gasteiger partial charge in [-0.05, 0) is 48.2 Å². The molecular formula is C19H23ClN2O2. The average molecular weight is 347 g/mol. The van der Waals surface area contributed by atoms with Crippen LogP contribution in [0.25, 0.3) is 0 Å². The summed E-state index contributed by atoms with van der Waals surface area (Å²) in [6.07, 6.45) is 1.71. The molecule has 0 radical (unpaired) electrons. The molecule has 2 rings (SSSR count). The third-order valence-corrected chi connectivity index (χ3v) is 4.06. The fourth-order valence-corrected chi connectivity index (χ4v) is 2.55. The maximum absolute atomic E-state index is 11.8. The molecule has 0 saturated heterocycles. The number of anilines is 1. The second kappa shape index (κ2) is 8.71. The molecule has 2 amide bonds. The molecule has 1 atom stereocenters. The monoisotopic (exact) mass is 346 g/mol. The Hall–Kier alpha value is -2.04. The Labute approximate surface area is 148 Å². The van der Waals surface area contributed by atoms with Gasteiger partial charge in [0.2, 0.25) is 0 Å². The molecule has 0 saturated carbocycles. The lowest BCUT2D eigenvalue weighted by atomic mass is 10.0. The predicted molar refractivity (Wildman–Crippen MR) is 98.7 cm³/mol. The van der Waals surface area contributed by atoms with Crippen LogP contribution in [-0.4, -0.2) is 32.1 Å². The summed E-state index contributed by atoms with van der Waals surface area (Å²) >= 11 is 5.92. The van der Waals surface area contributed by atoms with Crippen molar-refractivity contribution in [2.45, 2.75) is 18.9 Å². The van der Waals surface area contributed by atoms with Crippen LogP contribution in [0.1, 0.15) is 23.7 Å². The first-order chi connectivity index (χ1) is 11.5. The highest BCUT2D eigenvalue weighted by Gasteiger charge is 2.12. The average Bonchev–Trinajstić information content (AvgIpc) is 2.57. The normalized spacial score (nSPS) is 11.8. The zero-order valence-corrected chi connectivity index (χ0v) is 15.0. The Morgan fingerprint density at radius 1 is 1.21 bits per heavy atom. The van der Waals surface area contributed by atoms with Crippen LogP contribution in [0.3, 0.4) is 0 Å². The molecule has 0 aromatic heterocycles. The number of ether oxygens (including phenoxy) is 1. The highest BCUT2D eigenvalue weighted by Crippen LogP contribution is 2.25. The summed E-state index contributed by atoms with van der Waals surface area (Å²) in [7, 11) is 5.13. The van der Waals surface area contributed by atoms with Crippen molar-refractivity contribution >= 4 is 23.3 Å². The van der Waals surface area contributed by atoms with E-state index in [2.05, 4.69) is 5.32 Å². The number of benzene rings is 2. The minimum atomic E-state index is -0.151. The molecular weight excluding hydrogens is 324 g/mol. The number of carbonyl (C=O) groups is 1. The van der Waals surface area contributed by atoms with Crippen LogP contribution in [0.2, 0.25) is 5.02 Å².